The Hall–Kier alpha value is -2.63. The largest absolute Gasteiger partial charge is 0.481 e. The molecule has 3 aromatic rings. The van der Waals surface area contributed by atoms with Gasteiger partial charge in [0.2, 0.25) is 11.4 Å². The lowest BCUT2D eigenvalue weighted by Gasteiger charge is -1.95. The van der Waals surface area contributed by atoms with E-state index in [2.05, 4.69) is 19.9 Å². The molecule has 0 bridgehead atoms. The van der Waals surface area contributed by atoms with E-state index in [4.69, 9.17) is 4.74 Å². The summed E-state index contributed by atoms with van der Waals surface area (Å²) in [7, 11) is 1.55. The van der Waals surface area contributed by atoms with Crippen molar-refractivity contribution in [3.63, 3.8) is 0 Å². The molecule has 3 heterocycles. The van der Waals surface area contributed by atoms with E-state index in [1.807, 2.05) is 6.07 Å². The van der Waals surface area contributed by atoms with E-state index in [0.717, 1.165) is 5.52 Å². The summed E-state index contributed by atoms with van der Waals surface area (Å²) in [6, 6.07) is 8.48. The Morgan fingerprint density at radius 1 is 1.11 bits per heavy atom. The molecule has 0 saturated carbocycles. The topological polar surface area (TPSA) is 83.7 Å². The van der Waals surface area contributed by atoms with Crippen molar-refractivity contribution in [2.75, 3.05) is 7.11 Å². The Bertz CT molecular complexity index is 760. The first-order valence-corrected chi connectivity index (χ1v) is 5.37. The van der Waals surface area contributed by atoms with Crippen LogP contribution in [0.3, 0.4) is 0 Å². The monoisotopic (exact) mass is 242 g/mol. The Morgan fingerprint density at radius 3 is 2.78 bits per heavy atom. The van der Waals surface area contributed by atoms with Gasteiger partial charge in [-0.25, -0.2) is 4.98 Å². The number of fused-ring (bicyclic) bond motifs is 1. The van der Waals surface area contributed by atoms with E-state index in [1.165, 1.54) is 6.07 Å². The summed E-state index contributed by atoms with van der Waals surface area (Å²) in [4.78, 5) is 25.6. The first-order chi connectivity index (χ1) is 8.76. The number of hydrogen-bond acceptors (Lipinski definition) is 4. The number of pyridine rings is 2. The summed E-state index contributed by atoms with van der Waals surface area (Å²) in [6.07, 6.45) is 0. The number of ether oxygens (including phenoxy) is 1. The molecule has 3 rings (SSSR count). The van der Waals surface area contributed by atoms with Crippen molar-refractivity contribution in [2.45, 2.75) is 0 Å². The van der Waals surface area contributed by atoms with Gasteiger partial charge in [0.05, 0.1) is 18.3 Å². The maximum absolute atomic E-state index is 11.2. The quantitative estimate of drug-likeness (QED) is 0.709. The molecule has 0 aliphatic heterocycles. The first-order valence-electron chi connectivity index (χ1n) is 5.37. The normalized spacial score (nSPS) is 10.7. The smallest absolute Gasteiger partial charge is 0.248 e. The second-order valence-corrected chi connectivity index (χ2v) is 3.74. The zero-order valence-electron chi connectivity index (χ0n) is 9.60. The van der Waals surface area contributed by atoms with Crippen molar-refractivity contribution in [3.05, 3.63) is 40.7 Å². The second-order valence-electron chi connectivity index (χ2n) is 3.74. The SMILES string of the molecule is COc1ccc2[nH]c(-c3cccc(=O)[nH]3)nc2n1. The molecule has 90 valence electrons. The third kappa shape index (κ3) is 1.73. The molecule has 3 aromatic heterocycles. The third-order valence-corrected chi connectivity index (χ3v) is 2.55. The minimum atomic E-state index is -0.168. The molecular formula is C12H10N4O2. The van der Waals surface area contributed by atoms with Crippen LogP contribution in [0.2, 0.25) is 0 Å². The Balaban J connectivity index is 2.16. The van der Waals surface area contributed by atoms with Gasteiger partial charge in [0.15, 0.2) is 11.5 Å². The number of imidazole rings is 1. The van der Waals surface area contributed by atoms with Gasteiger partial charge in [-0.15, -0.1) is 0 Å². The molecule has 0 unspecified atom stereocenters. The van der Waals surface area contributed by atoms with Crippen LogP contribution in [0.5, 0.6) is 5.88 Å². The fourth-order valence-corrected chi connectivity index (χ4v) is 1.70. The van der Waals surface area contributed by atoms with Crippen LogP contribution in [-0.4, -0.2) is 27.0 Å². The molecule has 0 aliphatic carbocycles. The van der Waals surface area contributed by atoms with Gasteiger partial charge in [-0.3, -0.25) is 4.79 Å². The zero-order chi connectivity index (χ0) is 12.5. The fraction of sp³-hybridized carbons (Fsp3) is 0.0833. The van der Waals surface area contributed by atoms with Crippen LogP contribution in [0, 0.1) is 0 Å². The van der Waals surface area contributed by atoms with E-state index in [1.54, 1.807) is 25.3 Å². The van der Waals surface area contributed by atoms with E-state index >= 15 is 0 Å². The van der Waals surface area contributed by atoms with Gasteiger partial charge in [-0.1, -0.05) is 6.07 Å². The number of aromatic amines is 2. The van der Waals surface area contributed by atoms with Crippen molar-refractivity contribution in [1.29, 1.82) is 0 Å². The zero-order valence-corrected chi connectivity index (χ0v) is 9.60. The molecule has 0 fully saturated rings. The number of H-pyrrole nitrogens is 2. The van der Waals surface area contributed by atoms with Crippen LogP contribution in [0.1, 0.15) is 0 Å². The van der Waals surface area contributed by atoms with Crippen molar-refractivity contribution in [2.24, 2.45) is 0 Å². The van der Waals surface area contributed by atoms with Crippen LogP contribution in [0.4, 0.5) is 0 Å². The number of rotatable bonds is 2. The highest BCUT2D eigenvalue weighted by Gasteiger charge is 2.07. The molecule has 0 aromatic carbocycles. The highest BCUT2D eigenvalue weighted by Crippen LogP contribution is 2.18. The third-order valence-electron chi connectivity index (χ3n) is 2.55. The summed E-state index contributed by atoms with van der Waals surface area (Å²) >= 11 is 0. The van der Waals surface area contributed by atoms with E-state index < -0.39 is 0 Å². The minimum Gasteiger partial charge on any atom is -0.481 e. The van der Waals surface area contributed by atoms with Crippen molar-refractivity contribution in [3.8, 4) is 17.4 Å². The lowest BCUT2D eigenvalue weighted by molar-refractivity contribution is 0.399. The fourth-order valence-electron chi connectivity index (χ4n) is 1.70. The van der Waals surface area contributed by atoms with Crippen LogP contribution in [0.15, 0.2) is 35.1 Å². The number of nitrogens with zero attached hydrogens (tertiary/aromatic N) is 2. The molecule has 2 N–H and O–H groups in total. The van der Waals surface area contributed by atoms with Gasteiger partial charge in [-0.05, 0) is 12.1 Å². The Kier molecular flexibility index (Phi) is 2.33. The average Bonchev–Trinajstić information content (AvgIpc) is 2.81. The summed E-state index contributed by atoms with van der Waals surface area (Å²) in [5.41, 5.74) is 1.79. The summed E-state index contributed by atoms with van der Waals surface area (Å²) in [6.45, 7) is 0. The van der Waals surface area contributed by atoms with Crippen molar-refractivity contribution < 1.29 is 4.74 Å². The molecular weight excluding hydrogens is 232 g/mol. The summed E-state index contributed by atoms with van der Waals surface area (Å²) in [5, 5.41) is 0. The number of aromatic nitrogens is 4. The predicted molar refractivity (Wildman–Crippen MR) is 66.5 cm³/mol. The van der Waals surface area contributed by atoms with Crippen LogP contribution in [0.25, 0.3) is 22.7 Å². The highest BCUT2D eigenvalue weighted by molar-refractivity contribution is 5.75. The standard InChI is InChI=1S/C12H10N4O2/c1-18-10-6-5-8-12(15-10)16-11(14-8)7-3-2-4-9(17)13-7/h2-6H,1H3,(H,13,17)(H,14,15,16). The highest BCUT2D eigenvalue weighted by atomic mass is 16.5. The number of hydrogen-bond donors (Lipinski definition) is 2. The number of methoxy groups -OCH3 is 1. The maximum Gasteiger partial charge on any atom is 0.248 e. The first kappa shape index (κ1) is 10.5. The van der Waals surface area contributed by atoms with E-state index in [0.29, 0.717) is 23.0 Å². The van der Waals surface area contributed by atoms with Crippen LogP contribution >= 0.6 is 0 Å². The van der Waals surface area contributed by atoms with Gasteiger partial charge in [0.25, 0.3) is 0 Å². The predicted octanol–water partition coefficient (Wildman–Crippen LogP) is 1.32. The molecule has 0 spiro atoms. The van der Waals surface area contributed by atoms with E-state index in [-0.39, 0.29) is 5.56 Å². The Labute approximate surface area is 102 Å². The van der Waals surface area contributed by atoms with E-state index in [9.17, 15) is 4.79 Å². The summed E-state index contributed by atoms with van der Waals surface area (Å²) in [5.74, 6) is 1.07. The van der Waals surface area contributed by atoms with Crippen LogP contribution in [-0.2, 0) is 0 Å². The molecule has 0 atom stereocenters. The lowest BCUT2D eigenvalue weighted by atomic mass is 10.3. The lowest BCUT2D eigenvalue weighted by Crippen LogP contribution is -2.03. The van der Waals surface area contributed by atoms with Gasteiger partial charge < -0.3 is 14.7 Å². The number of nitrogens with one attached hydrogen (secondary N) is 2. The molecule has 18 heavy (non-hydrogen) atoms. The minimum absolute atomic E-state index is 0.168. The van der Waals surface area contributed by atoms with Gasteiger partial charge in [-0.2, -0.15) is 4.98 Å². The Morgan fingerprint density at radius 2 is 2.00 bits per heavy atom. The second kappa shape index (κ2) is 3.99. The van der Waals surface area contributed by atoms with Crippen molar-refractivity contribution in [1.82, 2.24) is 19.9 Å². The maximum atomic E-state index is 11.2. The molecule has 6 heteroatoms. The van der Waals surface area contributed by atoms with Crippen molar-refractivity contribution >= 4 is 11.2 Å². The molecule has 0 radical (unpaired) electrons. The average molecular weight is 242 g/mol. The van der Waals surface area contributed by atoms with Crippen LogP contribution < -0.4 is 10.3 Å². The molecule has 0 saturated heterocycles. The molecule has 6 nitrogen and oxygen atoms in total. The van der Waals surface area contributed by atoms with Gasteiger partial charge >= 0.3 is 0 Å². The van der Waals surface area contributed by atoms with Gasteiger partial charge in [0, 0.05) is 12.1 Å². The molecule has 0 aliphatic rings. The van der Waals surface area contributed by atoms with Gasteiger partial charge in [0.1, 0.15) is 0 Å². The molecule has 0 amide bonds. The summed E-state index contributed by atoms with van der Waals surface area (Å²) < 4.78 is 5.03.